The summed E-state index contributed by atoms with van der Waals surface area (Å²) in [5, 5.41) is 3.91. The molecular weight excluding hydrogens is 577 g/mol. The van der Waals surface area contributed by atoms with Crippen molar-refractivity contribution < 1.29 is 22.8 Å². The standard InChI is InChI=1S/C36H33F3N4O2/c1-19(2)15-28-31(34(40)44)30(32-33(41-28)36(4,42-35(32)45)18-21-5-9-25(37)10-6-21)24-8-12-29-23(16-24)13-14-43(29)20(3)22-7-11-26(38)27(39)17-22/h5-14,16-17,19-20H,15,18H2,1-4H3,(H2,40,44)(H,42,45). The molecule has 9 heteroatoms. The number of carbonyl (C=O) groups is 2. The van der Waals surface area contributed by atoms with Gasteiger partial charge >= 0.3 is 0 Å². The molecule has 0 saturated heterocycles. The van der Waals surface area contributed by atoms with E-state index in [1.54, 1.807) is 18.2 Å². The van der Waals surface area contributed by atoms with Crippen LogP contribution in [0, 0.1) is 23.4 Å². The first-order valence-electron chi connectivity index (χ1n) is 14.9. The van der Waals surface area contributed by atoms with Crippen LogP contribution in [-0.4, -0.2) is 21.4 Å². The molecule has 0 spiro atoms. The van der Waals surface area contributed by atoms with Crippen molar-refractivity contribution in [2.75, 3.05) is 0 Å². The number of aromatic nitrogens is 2. The van der Waals surface area contributed by atoms with Crippen LogP contribution in [-0.2, 0) is 18.4 Å². The maximum atomic E-state index is 14.0. The number of fused-ring (bicyclic) bond motifs is 2. The SMILES string of the molecule is CC(C)Cc1nc2c(c(-c3ccc4c(ccn4C(C)c4ccc(F)c(F)c4)c3)c1C(N)=O)C(=O)NC2(C)Cc1ccc(F)cc1. The number of amides is 2. The third kappa shape index (κ3) is 5.36. The Labute approximate surface area is 259 Å². The molecule has 1 aliphatic rings. The highest BCUT2D eigenvalue weighted by atomic mass is 19.2. The van der Waals surface area contributed by atoms with Crippen LogP contribution in [0.5, 0.6) is 0 Å². The van der Waals surface area contributed by atoms with E-state index >= 15 is 0 Å². The number of hydrogen-bond acceptors (Lipinski definition) is 3. The quantitative estimate of drug-likeness (QED) is 0.194. The van der Waals surface area contributed by atoms with Gasteiger partial charge in [-0.1, -0.05) is 38.1 Å². The summed E-state index contributed by atoms with van der Waals surface area (Å²) in [7, 11) is 0. The Morgan fingerprint density at radius 1 is 0.956 bits per heavy atom. The molecule has 3 N–H and O–H groups in total. The van der Waals surface area contributed by atoms with Gasteiger partial charge in [-0.25, -0.2) is 13.2 Å². The number of carbonyl (C=O) groups excluding carboxylic acids is 2. The molecule has 0 radical (unpaired) electrons. The third-order valence-corrected chi connectivity index (χ3v) is 8.58. The number of hydrogen-bond donors (Lipinski definition) is 2. The molecule has 6 nitrogen and oxygen atoms in total. The van der Waals surface area contributed by atoms with Crippen molar-refractivity contribution in [2.45, 2.75) is 52.1 Å². The molecule has 2 atom stereocenters. The number of nitrogens with two attached hydrogens (primary N) is 1. The lowest BCUT2D eigenvalue weighted by Gasteiger charge is -2.26. The van der Waals surface area contributed by atoms with Gasteiger partial charge in [0.15, 0.2) is 11.6 Å². The normalized spacial score (nSPS) is 16.7. The van der Waals surface area contributed by atoms with Gasteiger partial charge in [-0.2, -0.15) is 0 Å². The number of pyridine rings is 1. The third-order valence-electron chi connectivity index (χ3n) is 8.58. The van der Waals surface area contributed by atoms with Crippen molar-refractivity contribution in [3.63, 3.8) is 0 Å². The Morgan fingerprint density at radius 2 is 1.69 bits per heavy atom. The number of rotatable bonds is 8. The van der Waals surface area contributed by atoms with Crippen LogP contribution in [0.2, 0.25) is 0 Å². The molecule has 0 saturated carbocycles. The molecule has 3 heterocycles. The lowest BCUT2D eigenvalue weighted by atomic mass is 9.84. The fourth-order valence-corrected chi connectivity index (χ4v) is 6.44. The molecule has 5 aromatic rings. The molecule has 0 aliphatic carbocycles. The first kappa shape index (κ1) is 30.1. The molecule has 230 valence electrons. The molecule has 1 aliphatic heterocycles. The maximum absolute atomic E-state index is 14.0. The average Bonchev–Trinajstić information content (AvgIpc) is 3.51. The van der Waals surface area contributed by atoms with Crippen molar-refractivity contribution in [3.05, 3.63) is 124 Å². The molecule has 6 rings (SSSR count). The van der Waals surface area contributed by atoms with E-state index in [4.69, 9.17) is 10.7 Å². The van der Waals surface area contributed by atoms with Crippen molar-refractivity contribution >= 4 is 22.7 Å². The first-order valence-corrected chi connectivity index (χ1v) is 14.9. The molecular formula is C36H33F3N4O2. The van der Waals surface area contributed by atoms with Crippen molar-refractivity contribution in [3.8, 4) is 11.1 Å². The molecule has 2 amide bonds. The van der Waals surface area contributed by atoms with Gasteiger partial charge in [-0.3, -0.25) is 14.6 Å². The Hall–Kier alpha value is -4.92. The van der Waals surface area contributed by atoms with Crippen LogP contribution >= 0.6 is 0 Å². The van der Waals surface area contributed by atoms with Gasteiger partial charge in [0, 0.05) is 29.1 Å². The smallest absolute Gasteiger partial charge is 0.254 e. The van der Waals surface area contributed by atoms with Crippen LogP contribution in [0.4, 0.5) is 13.2 Å². The Kier molecular flexibility index (Phi) is 7.51. The Morgan fingerprint density at radius 3 is 2.36 bits per heavy atom. The number of nitrogens with one attached hydrogen (secondary N) is 1. The van der Waals surface area contributed by atoms with Crippen LogP contribution in [0.1, 0.15) is 77.0 Å². The summed E-state index contributed by atoms with van der Waals surface area (Å²) in [6.45, 7) is 7.81. The lowest BCUT2D eigenvalue weighted by molar-refractivity contribution is 0.0935. The topological polar surface area (TPSA) is 90.0 Å². The van der Waals surface area contributed by atoms with E-state index in [1.807, 2.05) is 62.7 Å². The second kappa shape index (κ2) is 11.2. The second-order valence-corrected chi connectivity index (χ2v) is 12.4. The highest BCUT2D eigenvalue weighted by Gasteiger charge is 2.44. The minimum atomic E-state index is -0.922. The first-order chi connectivity index (χ1) is 21.4. The van der Waals surface area contributed by atoms with E-state index in [9.17, 15) is 22.8 Å². The summed E-state index contributed by atoms with van der Waals surface area (Å²) in [6, 6.07) is 17.2. The monoisotopic (exact) mass is 610 g/mol. The van der Waals surface area contributed by atoms with Gasteiger partial charge in [0.05, 0.1) is 34.1 Å². The van der Waals surface area contributed by atoms with Crippen molar-refractivity contribution in [1.29, 1.82) is 0 Å². The Balaban J connectivity index is 1.52. The summed E-state index contributed by atoms with van der Waals surface area (Å²) >= 11 is 0. The summed E-state index contributed by atoms with van der Waals surface area (Å²) < 4.78 is 43.2. The Bertz CT molecular complexity index is 1980. The lowest BCUT2D eigenvalue weighted by Crippen LogP contribution is -2.39. The highest BCUT2D eigenvalue weighted by Crippen LogP contribution is 2.42. The van der Waals surface area contributed by atoms with Crippen molar-refractivity contribution in [2.24, 2.45) is 11.7 Å². The van der Waals surface area contributed by atoms with Crippen LogP contribution in [0.25, 0.3) is 22.0 Å². The maximum Gasteiger partial charge on any atom is 0.254 e. The van der Waals surface area contributed by atoms with Crippen LogP contribution in [0.15, 0.2) is 72.9 Å². The summed E-state index contributed by atoms with van der Waals surface area (Å²) in [5.74, 6) is -3.08. The van der Waals surface area contributed by atoms with Crippen LogP contribution in [0.3, 0.4) is 0 Å². The largest absolute Gasteiger partial charge is 0.366 e. The summed E-state index contributed by atoms with van der Waals surface area (Å²) in [4.78, 5) is 31.8. The van der Waals surface area contributed by atoms with Gasteiger partial charge in [-0.05, 0) is 85.3 Å². The average molecular weight is 611 g/mol. The predicted octanol–water partition coefficient (Wildman–Crippen LogP) is 7.23. The van der Waals surface area contributed by atoms with E-state index in [1.165, 1.54) is 18.2 Å². The molecule has 45 heavy (non-hydrogen) atoms. The number of benzene rings is 3. The summed E-state index contributed by atoms with van der Waals surface area (Å²) in [5.41, 5.74) is 9.90. The highest BCUT2D eigenvalue weighted by molar-refractivity contribution is 6.12. The zero-order valence-electron chi connectivity index (χ0n) is 25.4. The predicted molar refractivity (Wildman–Crippen MR) is 167 cm³/mol. The second-order valence-electron chi connectivity index (χ2n) is 12.4. The fraction of sp³-hybridized carbons (Fsp3) is 0.250. The molecule has 0 fully saturated rings. The summed E-state index contributed by atoms with van der Waals surface area (Å²) in [6.07, 6.45) is 2.69. The van der Waals surface area contributed by atoms with Gasteiger partial charge in [-0.15, -0.1) is 0 Å². The van der Waals surface area contributed by atoms with Crippen LogP contribution < -0.4 is 11.1 Å². The molecule has 2 unspecified atom stereocenters. The molecule has 2 aromatic heterocycles. The zero-order valence-corrected chi connectivity index (χ0v) is 25.4. The minimum absolute atomic E-state index is 0.143. The molecule has 3 aromatic carbocycles. The van der Waals surface area contributed by atoms with Gasteiger partial charge in [0.25, 0.3) is 11.8 Å². The number of nitrogens with zero attached hydrogens (tertiary/aromatic N) is 2. The fourth-order valence-electron chi connectivity index (χ4n) is 6.44. The van der Waals surface area contributed by atoms with Gasteiger partial charge < -0.3 is 15.6 Å². The van der Waals surface area contributed by atoms with E-state index in [2.05, 4.69) is 5.32 Å². The van der Waals surface area contributed by atoms with E-state index < -0.39 is 23.1 Å². The van der Waals surface area contributed by atoms with Gasteiger partial charge in [0.1, 0.15) is 5.82 Å². The number of halogens is 3. The molecule has 0 bridgehead atoms. The van der Waals surface area contributed by atoms with E-state index in [0.29, 0.717) is 40.9 Å². The van der Waals surface area contributed by atoms with E-state index in [0.717, 1.165) is 22.5 Å². The van der Waals surface area contributed by atoms with Gasteiger partial charge in [0.2, 0.25) is 0 Å². The minimum Gasteiger partial charge on any atom is -0.366 e. The van der Waals surface area contributed by atoms with E-state index in [-0.39, 0.29) is 34.8 Å². The zero-order chi connectivity index (χ0) is 32.2. The number of primary amides is 1. The van der Waals surface area contributed by atoms with Crippen molar-refractivity contribution in [1.82, 2.24) is 14.9 Å².